The standard InChI is InChI=1S/C23H28N4O5/c1-23(2,3)32-22(29)24-13-5-6-20(28)25-15-7-9-16(10-8-15)26-21-27-18-14-17(30-4)11-12-19(18)31-21/h7-12,14H,5-6,13H2,1-4H3,(H,24,29)(H,25,28)(H,26,27). The number of oxazole rings is 1. The van der Waals surface area contributed by atoms with E-state index < -0.39 is 11.7 Å². The number of carbonyl (C=O) groups is 2. The molecule has 9 nitrogen and oxygen atoms in total. The topological polar surface area (TPSA) is 115 Å². The number of hydrogen-bond donors (Lipinski definition) is 3. The van der Waals surface area contributed by atoms with E-state index in [4.69, 9.17) is 13.9 Å². The Morgan fingerprint density at radius 1 is 1.06 bits per heavy atom. The summed E-state index contributed by atoms with van der Waals surface area (Å²) in [6.45, 7) is 5.75. The average Bonchev–Trinajstić information content (AvgIpc) is 3.12. The molecule has 0 unspecified atom stereocenters. The first kappa shape index (κ1) is 22.9. The molecule has 0 saturated carbocycles. The minimum absolute atomic E-state index is 0.135. The molecule has 3 aromatic rings. The van der Waals surface area contributed by atoms with Crippen molar-refractivity contribution in [3.63, 3.8) is 0 Å². The molecule has 0 atom stereocenters. The van der Waals surface area contributed by atoms with Gasteiger partial charge in [-0.3, -0.25) is 4.79 Å². The van der Waals surface area contributed by atoms with Gasteiger partial charge in [0.2, 0.25) is 5.91 Å². The minimum atomic E-state index is -0.545. The zero-order chi connectivity index (χ0) is 23.1. The third kappa shape index (κ3) is 6.90. The Labute approximate surface area is 186 Å². The highest BCUT2D eigenvalue weighted by Crippen LogP contribution is 2.26. The Hall–Kier alpha value is -3.75. The molecule has 0 aliphatic carbocycles. The Bertz CT molecular complexity index is 1070. The normalized spacial score (nSPS) is 11.1. The molecule has 170 valence electrons. The third-order valence-corrected chi connectivity index (χ3v) is 4.26. The Balaban J connectivity index is 1.44. The van der Waals surface area contributed by atoms with Gasteiger partial charge in [-0.1, -0.05) is 0 Å². The van der Waals surface area contributed by atoms with Crippen LogP contribution in [0.5, 0.6) is 5.75 Å². The number of amides is 2. The second kappa shape index (κ2) is 10.0. The molecule has 32 heavy (non-hydrogen) atoms. The fourth-order valence-electron chi connectivity index (χ4n) is 2.83. The summed E-state index contributed by atoms with van der Waals surface area (Å²) >= 11 is 0. The SMILES string of the molecule is COc1ccc2oc(Nc3ccc(NC(=O)CCCNC(=O)OC(C)(C)C)cc3)nc2c1. The molecule has 0 fully saturated rings. The number of aromatic nitrogens is 1. The van der Waals surface area contributed by atoms with Gasteiger partial charge in [0.1, 0.15) is 16.9 Å². The molecule has 3 N–H and O–H groups in total. The van der Waals surface area contributed by atoms with Crippen LogP contribution in [0.25, 0.3) is 11.1 Å². The van der Waals surface area contributed by atoms with E-state index in [9.17, 15) is 9.59 Å². The zero-order valence-electron chi connectivity index (χ0n) is 18.7. The van der Waals surface area contributed by atoms with Crippen LogP contribution in [-0.4, -0.2) is 36.2 Å². The second-order valence-electron chi connectivity index (χ2n) is 8.14. The molecule has 2 amide bonds. The van der Waals surface area contributed by atoms with Gasteiger partial charge in [0.25, 0.3) is 6.01 Å². The minimum Gasteiger partial charge on any atom is -0.497 e. The second-order valence-corrected chi connectivity index (χ2v) is 8.14. The van der Waals surface area contributed by atoms with Crippen molar-refractivity contribution in [3.8, 4) is 5.75 Å². The first-order valence-corrected chi connectivity index (χ1v) is 10.3. The lowest BCUT2D eigenvalue weighted by atomic mass is 10.2. The van der Waals surface area contributed by atoms with E-state index in [0.717, 1.165) is 5.69 Å². The summed E-state index contributed by atoms with van der Waals surface area (Å²) < 4.78 is 16.0. The molecule has 2 aromatic carbocycles. The highest BCUT2D eigenvalue weighted by molar-refractivity contribution is 5.91. The summed E-state index contributed by atoms with van der Waals surface area (Å²) in [7, 11) is 1.60. The van der Waals surface area contributed by atoms with E-state index in [1.165, 1.54) is 0 Å². The molecule has 0 spiro atoms. The molecular weight excluding hydrogens is 412 g/mol. The molecule has 1 aromatic heterocycles. The molecule has 3 rings (SSSR count). The Morgan fingerprint density at radius 3 is 2.47 bits per heavy atom. The van der Waals surface area contributed by atoms with E-state index in [1.807, 2.05) is 18.2 Å². The summed E-state index contributed by atoms with van der Waals surface area (Å²) in [6, 6.07) is 13.0. The molecule has 0 aliphatic heterocycles. The van der Waals surface area contributed by atoms with Crippen LogP contribution in [0, 0.1) is 0 Å². The van der Waals surface area contributed by atoms with Crippen LogP contribution in [0.15, 0.2) is 46.9 Å². The van der Waals surface area contributed by atoms with Crippen LogP contribution >= 0.6 is 0 Å². The fraction of sp³-hybridized carbons (Fsp3) is 0.348. The number of alkyl carbamates (subject to hydrolysis) is 1. The molecule has 0 radical (unpaired) electrons. The highest BCUT2D eigenvalue weighted by atomic mass is 16.6. The van der Waals surface area contributed by atoms with Crippen molar-refractivity contribution in [2.75, 3.05) is 24.3 Å². The van der Waals surface area contributed by atoms with Crippen LogP contribution < -0.4 is 20.7 Å². The predicted molar refractivity (Wildman–Crippen MR) is 122 cm³/mol. The van der Waals surface area contributed by atoms with Crippen molar-refractivity contribution in [2.45, 2.75) is 39.2 Å². The number of hydrogen-bond acceptors (Lipinski definition) is 7. The maximum absolute atomic E-state index is 12.1. The number of nitrogens with zero attached hydrogens (tertiary/aromatic N) is 1. The number of nitrogens with one attached hydrogen (secondary N) is 3. The van der Waals surface area contributed by atoms with Crippen LogP contribution in [0.4, 0.5) is 22.2 Å². The predicted octanol–water partition coefficient (Wildman–Crippen LogP) is 4.82. The van der Waals surface area contributed by atoms with Gasteiger partial charge in [0.15, 0.2) is 5.58 Å². The van der Waals surface area contributed by atoms with Gasteiger partial charge in [-0.25, -0.2) is 4.79 Å². The highest BCUT2D eigenvalue weighted by Gasteiger charge is 2.15. The van der Waals surface area contributed by atoms with Crippen molar-refractivity contribution in [3.05, 3.63) is 42.5 Å². The number of carbonyl (C=O) groups excluding carboxylic acids is 2. The lowest BCUT2D eigenvalue weighted by Gasteiger charge is -2.19. The number of benzene rings is 2. The summed E-state index contributed by atoms with van der Waals surface area (Å²) in [5.41, 5.74) is 2.23. The Kier molecular flexibility index (Phi) is 7.19. The van der Waals surface area contributed by atoms with Crippen LogP contribution in [0.2, 0.25) is 0 Å². The van der Waals surface area contributed by atoms with E-state index in [-0.39, 0.29) is 12.3 Å². The van der Waals surface area contributed by atoms with E-state index in [0.29, 0.717) is 41.5 Å². The quantitative estimate of drug-likeness (QED) is 0.430. The number of anilines is 3. The van der Waals surface area contributed by atoms with Crippen molar-refractivity contribution < 1.29 is 23.5 Å². The molecule has 9 heteroatoms. The lowest BCUT2D eigenvalue weighted by molar-refractivity contribution is -0.116. The number of rotatable bonds is 8. The molecule has 0 aliphatic rings. The van der Waals surface area contributed by atoms with E-state index in [1.54, 1.807) is 52.1 Å². The molecule has 0 bridgehead atoms. The van der Waals surface area contributed by atoms with Crippen molar-refractivity contribution in [1.82, 2.24) is 10.3 Å². The van der Waals surface area contributed by atoms with Gasteiger partial charge in [0, 0.05) is 30.4 Å². The molecule has 1 heterocycles. The van der Waals surface area contributed by atoms with Crippen molar-refractivity contribution in [1.29, 1.82) is 0 Å². The van der Waals surface area contributed by atoms with Crippen LogP contribution in [0.3, 0.4) is 0 Å². The van der Waals surface area contributed by atoms with Crippen LogP contribution in [0.1, 0.15) is 33.6 Å². The van der Waals surface area contributed by atoms with Crippen molar-refractivity contribution >= 4 is 40.5 Å². The third-order valence-electron chi connectivity index (χ3n) is 4.26. The first-order valence-electron chi connectivity index (χ1n) is 10.3. The maximum Gasteiger partial charge on any atom is 0.407 e. The fourth-order valence-corrected chi connectivity index (χ4v) is 2.83. The lowest BCUT2D eigenvalue weighted by Crippen LogP contribution is -2.33. The summed E-state index contributed by atoms with van der Waals surface area (Å²) in [4.78, 5) is 28.1. The first-order chi connectivity index (χ1) is 15.2. The molecule has 0 saturated heterocycles. The summed E-state index contributed by atoms with van der Waals surface area (Å²) in [5, 5.41) is 8.56. The number of fused-ring (bicyclic) bond motifs is 1. The molecular formula is C23H28N4O5. The van der Waals surface area contributed by atoms with Gasteiger partial charge in [-0.05, 0) is 63.6 Å². The van der Waals surface area contributed by atoms with Gasteiger partial charge in [-0.15, -0.1) is 0 Å². The number of methoxy groups -OCH3 is 1. The van der Waals surface area contributed by atoms with Crippen LogP contribution in [-0.2, 0) is 9.53 Å². The smallest absolute Gasteiger partial charge is 0.407 e. The largest absolute Gasteiger partial charge is 0.497 e. The van der Waals surface area contributed by atoms with Gasteiger partial charge < -0.3 is 29.8 Å². The van der Waals surface area contributed by atoms with E-state index >= 15 is 0 Å². The van der Waals surface area contributed by atoms with Gasteiger partial charge in [0.05, 0.1) is 7.11 Å². The van der Waals surface area contributed by atoms with Gasteiger partial charge in [-0.2, -0.15) is 4.98 Å². The summed E-state index contributed by atoms with van der Waals surface area (Å²) in [5.74, 6) is 0.572. The summed E-state index contributed by atoms with van der Waals surface area (Å²) in [6.07, 6.45) is 0.300. The Morgan fingerprint density at radius 2 is 1.78 bits per heavy atom. The van der Waals surface area contributed by atoms with Crippen molar-refractivity contribution in [2.24, 2.45) is 0 Å². The number of ether oxygens (including phenoxy) is 2. The maximum atomic E-state index is 12.1. The average molecular weight is 441 g/mol. The van der Waals surface area contributed by atoms with E-state index in [2.05, 4.69) is 20.9 Å². The monoisotopic (exact) mass is 440 g/mol. The van der Waals surface area contributed by atoms with Gasteiger partial charge >= 0.3 is 6.09 Å². The zero-order valence-corrected chi connectivity index (χ0v) is 18.7.